The first-order chi connectivity index (χ1) is 4.76. The summed E-state index contributed by atoms with van der Waals surface area (Å²) in [5.41, 5.74) is -0.387. The summed E-state index contributed by atoms with van der Waals surface area (Å²) in [6, 6.07) is 0. The minimum Gasteiger partial charge on any atom is -0.462 e. The van der Waals surface area contributed by atoms with Gasteiger partial charge in [0.1, 0.15) is 0 Å². The second kappa shape index (κ2) is 4.47. The summed E-state index contributed by atoms with van der Waals surface area (Å²) in [6.07, 6.45) is 0.241. The smallest absolute Gasteiger partial charge is 0.351 e. The van der Waals surface area contributed by atoms with Gasteiger partial charge in [0.25, 0.3) is 0 Å². The normalized spacial score (nSPS) is 7.70. The molecule has 4 heteroatoms. The lowest BCUT2D eigenvalue weighted by Gasteiger charge is -1.95. The standard InChI is InChI=1S/C6H7NO3/c1-2-10-6(9)5(3-7)4-8/h4,7H,2H2,1H3. The topological polar surface area (TPSA) is 67.2 Å². The summed E-state index contributed by atoms with van der Waals surface area (Å²) < 4.78 is 4.40. The highest BCUT2D eigenvalue weighted by molar-refractivity contribution is 6.14. The van der Waals surface area contributed by atoms with Gasteiger partial charge in [-0.25, -0.2) is 4.79 Å². The summed E-state index contributed by atoms with van der Waals surface area (Å²) in [7, 11) is 0. The van der Waals surface area contributed by atoms with Gasteiger partial charge in [-0.05, 0) is 12.8 Å². The van der Waals surface area contributed by atoms with E-state index in [1.807, 2.05) is 0 Å². The molecule has 0 heterocycles. The first kappa shape index (κ1) is 8.59. The lowest BCUT2D eigenvalue weighted by atomic mass is 10.3. The molecular formula is C6H7NO3. The molecule has 0 unspecified atom stereocenters. The molecule has 0 aliphatic heterocycles. The summed E-state index contributed by atoms with van der Waals surface area (Å²) >= 11 is 0. The van der Waals surface area contributed by atoms with Crippen LogP contribution in [0.15, 0.2) is 5.57 Å². The van der Waals surface area contributed by atoms with E-state index in [1.165, 1.54) is 0 Å². The Bertz CT molecular complexity index is 191. The number of nitrogens with one attached hydrogen (secondary N) is 1. The Kier molecular flexibility index (Phi) is 3.84. The molecule has 1 N–H and O–H groups in total. The lowest BCUT2D eigenvalue weighted by Crippen LogP contribution is -2.08. The highest BCUT2D eigenvalue weighted by Crippen LogP contribution is 1.87. The maximum Gasteiger partial charge on any atom is 0.351 e. The van der Waals surface area contributed by atoms with Crippen LogP contribution in [0.5, 0.6) is 0 Å². The number of hydrogen-bond acceptors (Lipinski definition) is 4. The zero-order valence-corrected chi connectivity index (χ0v) is 5.51. The van der Waals surface area contributed by atoms with Crippen molar-refractivity contribution >= 4 is 18.1 Å². The Hall–Kier alpha value is -1.41. The summed E-state index contributed by atoms with van der Waals surface area (Å²) in [5.74, 6) is 0.862. The first-order valence-corrected chi connectivity index (χ1v) is 2.68. The average Bonchev–Trinajstić information content (AvgIpc) is 1.91. The molecule has 0 aromatic carbocycles. The molecule has 4 nitrogen and oxygen atoms in total. The average molecular weight is 141 g/mol. The van der Waals surface area contributed by atoms with E-state index in [4.69, 9.17) is 5.41 Å². The Balaban J connectivity index is 4.18. The van der Waals surface area contributed by atoms with Crippen molar-refractivity contribution in [2.45, 2.75) is 6.92 Å². The van der Waals surface area contributed by atoms with Gasteiger partial charge in [-0.15, -0.1) is 0 Å². The fourth-order valence-electron chi connectivity index (χ4n) is 0.337. The van der Waals surface area contributed by atoms with Gasteiger partial charge in [0, 0.05) is 0 Å². The van der Waals surface area contributed by atoms with Crippen molar-refractivity contribution in [2.24, 2.45) is 0 Å². The van der Waals surface area contributed by atoms with Crippen LogP contribution in [0.2, 0.25) is 0 Å². The second-order valence-electron chi connectivity index (χ2n) is 1.38. The van der Waals surface area contributed by atoms with Crippen molar-refractivity contribution in [2.75, 3.05) is 6.61 Å². The highest BCUT2D eigenvalue weighted by atomic mass is 16.5. The van der Waals surface area contributed by atoms with Crippen LogP contribution in [0.25, 0.3) is 0 Å². The quantitative estimate of drug-likeness (QED) is 0.149. The number of rotatable bonds is 3. The Morgan fingerprint density at radius 2 is 2.40 bits per heavy atom. The molecule has 0 amide bonds. The molecular weight excluding hydrogens is 134 g/mol. The van der Waals surface area contributed by atoms with Gasteiger partial charge in [0.05, 0.1) is 6.61 Å². The van der Waals surface area contributed by atoms with Crippen LogP contribution in [0.1, 0.15) is 6.92 Å². The molecule has 0 atom stereocenters. The van der Waals surface area contributed by atoms with Crippen molar-refractivity contribution in [1.82, 2.24) is 0 Å². The van der Waals surface area contributed by atoms with Gasteiger partial charge < -0.3 is 4.74 Å². The molecule has 0 bridgehead atoms. The van der Waals surface area contributed by atoms with Crippen LogP contribution in [-0.2, 0) is 14.3 Å². The number of hydrogen-bond donors (Lipinski definition) is 1. The highest BCUT2D eigenvalue weighted by Gasteiger charge is 2.07. The number of ether oxygens (including phenoxy) is 1. The van der Waals surface area contributed by atoms with Crippen LogP contribution < -0.4 is 0 Å². The Morgan fingerprint density at radius 1 is 1.80 bits per heavy atom. The van der Waals surface area contributed by atoms with Crippen LogP contribution in [0, 0.1) is 5.41 Å². The molecule has 0 saturated heterocycles. The van der Waals surface area contributed by atoms with E-state index in [1.54, 1.807) is 12.8 Å². The third kappa shape index (κ3) is 2.24. The van der Waals surface area contributed by atoms with Crippen molar-refractivity contribution in [3.8, 4) is 0 Å². The van der Waals surface area contributed by atoms with Crippen molar-refractivity contribution in [3.05, 3.63) is 5.57 Å². The Labute approximate surface area is 58.0 Å². The third-order valence-corrected chi connectivity index (χ3v) is 0.748. The zero-order chi connectivity index (χ0) is 7.98. The van der Waals surface area contributed by atoms with Crippen LogP contribution in [-0.4, -0.2) is 24.7 Å². The predicted molar refractivity (Wildman–Crippen MR) is 33.9 cm³/mol. The third-order valence-electron chi connectivity index (χ3n) is 0.748. The molecule has 0 spiro atoms. The molecule has 0 aromatic heterocycles. The van der Waals surface area contributed by atoms with Gasteiger partial charge in [-0.3, -0.25) is 10.2 Å². The van der Waals surface area contributed by atoms with Gasteiger partial charge in [-0.2, -0.15) is 0 Å². The van der Waals surface area contributed by atoms with Gasteiger partial charge in [-0.1, -0.05) is 0 Å². The Morgan fingerprint density at radius 3 is 2.70 bits per heavy atom. The maximum atomic E-state index is 10.5. The van der Waals surface area contributed by atoms with E-state index in [0.29, 0.717) is 0 Å². The van der Waals surface area contributed by atoms with Crippen LogP contribution in [0.3, 0.4) is 0 Å². The van der Waals surface area contributed by atoms with Gasteiger partial charge >= 0.3 is 5.97 Å². The zero-order valence-electron chi connectivity index (χ0n) is 5.51. The minimum absolute atomic E-state index is 0.192. The monoisotopic (exact) mass is 141 g/mol. The predicted octanol–water partition coefficient (Wildman–Crippen LogP) is -0.0767. The van der Waals surface area contributed by atoms with Crippen molar-refractivity contribution in [3.63, 3.8) is 0 Å². The summed E-state index contributed by atoms with van der Waals surface area (Å²) in [5, 5.41) is 6.45. The SMILES string of the molecule is CCOC(=O)C(=C=N)C=O. The molecule has 0 aliphatic carbocycles. The number of carbonyl (C=O) groups is 2. The fourth-order valence-corrected chi connectivity index (χ4v) is 0.337. The summed E-state index contributed by atoms with van der Waals surface area (Å²) in [6.45, 7) is 1.81. The number of aldehydes is 1. The van der Waals surface area contributed by atoms with E-state index in [-0.39, 0.29) is 18.5 Å². The van der Waals surface area contributed by atoms with Crippen LogP contribution in [0.4, 0.5) is 0 Å². The van der Waals surface area contributed by atoms with Crippen molar-refractivity contribution < 1.29 is 14.3 Å². The van der Waals surface area contributed by atoms with Gasteiger partial charge in [0.2, 0.25) is 0 Å². The number of esters is 1. The lowest BCUT2D eigenvalue weighted by molar-refractivity contribution is -0.138. The molecule has 0 aromatic rings. The number of carbonyl (C=O) groups excluding carboxylic acids is 2. The molecule has 0 rings (SSSR count). The molecule has 0 aliphatic rings. The molecule has 0 fully saturated rings. The van der Waals surface area contributed by atoms with Crippen LogP contribution >= 0.6 is 0 Å². The maximum absolute atomic E-state index is 10.5. The van der Waals surface area contributed by atoms with Gasteiger partial charge in [0.15, 0.2) is 11.9 Å². The van der Waals surface area contributed by atoms with E-state index in [9.17, 15) is 9.59 Å². The van der Waals surface area contributed by atoms with E-state index in [0.717, 1.165) is 0 Å². The fraction of sp³-hybridized carbons (Fsp3) is 0.333. The summed E-state index contributed by atoms with van der Waals surface area (Å²) in [4.78, 5) is 20.5. The second-order valence-corrected chi connectivity index (χ2v) is 1.38. The molecule has 54 valence electrons. The molecule has 0 radical (unpaired) electrons. The largest absolute Gasteiger partial charge is 0.462 e. The van der Waals surface area contributed by atoms with Crippen molar-refractivity contribution in [1.29, 1.82) is 5.41 Å². The molecule has 10 heavy (non-hydrogen) atoms. The van der Waals surface area contributed by atoms with E-state index < -0.39 is 5.97 Å². The van der Waals surface area contributed by atoms with E-state index in [2.05, 4.69) is 4.74 Å². The van der Waals surface area contributed by atoms with E-state index >= 15 is 0 Å². The first-order valence-electron chi connectivity index (χ1n) is 2.68. The molecule has 0 saturated carbocycles. The minimum atomic E-state index is -0.799.